The van der Waals surface area contributed by atoms with Crippen molar-refractivity contribution < 1.29 is 4.79 Å². The molecule has 0 aromatic carbocycles. The van der Waals surface area contributed by atoms with E-state index in [1.807, 2.05) is 0 Å². The second-order valence-corrected chi connectivity index (χ2v) is 5.07. The molecule has 6 heteroatoms. The molecular weight excluding hydrogens is 273 g/mol. The highest BCUT2D eigenvalue weighted by Gasteiger charge is 2.20. The van der Waals surface area contributed by atoms with Gasteiger partial charge >= 0.3 is 0 Å². The number of likely N-dealkylation sites (tertiary alicyclic amines) is 1. The van der Waals surface area contributed by atoms with Gasteiger partial charge in [-0.05, 0) is 18.8 Å². The number of nitrogens with two attached hydrogens (primary N) is 1. The summed E-state index contributed by atoms with van der Waals surface area (Å²) in [5.41, 5.74) is 5.34. The number of rotatable bonds is 5. The maximum Gasteiger partial charge on any atom is 0.221 e. The molecule has 0 atom stereocenters. The van der Waals surface area contributed by atoms with Crippen molar-refractivity contribution in [2.24, 2.45) is 11.7 Å². The number of piperidine rings is 1. The van der Waals surface area contributed by atoms with Crippen molar-refractivity contribution in [2.75, 3.05) is 26.2 Å². The summed E-state index contributed by atoms with van der Waals surface area (Å²) in [5, 5.41) is 3.05. The van der Waals surface area contributed by atoms with E-state index in [9.17, 15) is 4.79 Å². The molecule has 18 heavy (non-hydrogen) atoms. The molecule has 1 heterocycles. The van der Waals surface area contributed by atoms with Crippen LogP contribution >= 0.6 is 24.8 Å². The van der Waals surface area contributed by atoms with Gasteiger partial charge in [0.05, 0.1) is 0 Å². The first-order valence-electron chi connectivity index (χ1n) is 6.33. The van der Waals surface area contributed by atoms with Crippen molar-refractivity contribution in [3.05, 3.63) is 0 Å². The summed E-state index contributed by atoms with van der Waals surface area (Å²) in [6, 6.07) is 0.363. The Hall–Kier alpha value is -0.0300. The molecule has 1 aliphatic rings. The fraction of sp³-hybridized carbons (Fsp3) is 0.917. The molecule has 0 radical (unpaired) electrons. The van der Waals surface area contributed by atoms with Crippen LogP contribution < -0.4 is 11.1 Å². The summed E-state index contributed by atoms with van der Waals surface area (Å²) >= 11 is 0. The minimum absolute atomic E-state index is 0. The first kappa shape index (κ1) is 20.3. The van der Waals surface area contributed by atoms with Crippen molar-refractivity contribution in [1.29, 1.82) is 0 Å². The highest BCUT2D eigenvalue weighted by Crippen LogP contribution is 2.12. The van der Waals surface area contributed by atoms with Crippen molar-refractivity contribution in [3.8, 4) is 0 Å². The van der Waals surface area contributed by atoms with Crippen molar-refractivity contribution in [3.63, 3.8) is 0 Å². The molecule has 0 bridgehead atoms. The smallest absolute Gasteiger partial charge is 0.221 e. The van der Waals surface area contributed by atoms with Gasteiger partial charge in [-0.3, -0.25) is 4.79 Å². The van der Waals surface area contributed by atoms with Gasteiger partial charge in [-0.15, -0.1) is 24.8 Å². The highest BCUT2D eigenvalue weighted by atomic mass is 35.5. The second-order valence-electron chi connectivity index (χ2n) is 5.07. The summed E-state index contributed by atoms with van der Waals surface area (Å²) in [6.07, 6.45) is 2.60. The van der Waals surface area contributed by atoms with Crippen LogP contribution in [0.15, 0.2) is 0 Å². The molecule has 1 amide bonds. The van der Waals surface area contributed by atoms with Crippen LogP contribution in [0.3, 0.4) is 0 Å². The fourth-order valence-corrected chi connectivity index (χ4v) is 2.21. The van der Waals surface area contributed by atoms with Gasteiger partial charge in [-0.1, -0.05) is 13.8 Å². The summed E-state index contributed by atoms with van der Waals surface area (Å²) in [7, 11) is 0. The molecule has 0 aliphatic carbocycles. The monoisotopic (exact) mass is 299 g/mol. The Morgan fingerprint density at radius 1 is 1.33 bits per heavy atom. The average molecular weight is 300 g/mol. The predicted molar refractivity (Wildman–Crippen MR) is 80.6 cm³/mol. The lowest BCUT2D eigenvalue weighted by atomic mass is 10.0. The minimum atomic E-state index is 0. The van der Waals surface area contributed by atoms with Crippen LogP contribution in [0.2, 0.25) is 0 Å². The highest BCUT2D eigenvalue weighted by molar-refractivity contribution is 5.85. The minimum Gasteiger partial charge on any atom is -0.353 e. The van der Waals surface area contributed by atoms with E-state index in [1.54, 1.807) is 0 Å². The zero-order valence-electron chi connectivity index (χ0n) is 11.4. The Balaban J connectivity index is 0. The largest absolute Gasteiger partial charge is 0.353 e. The van der Waals surface area contributed by atoms with E-state index in [-0.39, 0.29) is 30.7 Å². The average Bonchev–Trinajstić information content (AvgIpc) is 2.20. The molecule has 0 saturated carbocycles. The topological polar surface area (TPSA) is 58.4 Å². The number of nitrogens with one attached hydrogen (secondary N) is 1. The van der Waals surface area contributed by atoms with E-state index in [4.69, 9.17) is 5.73 Å². The van der Waals surface area contributed by atoms with Crippen LogP contribution in [0, 0.1) is 5.92 Å². The van der Waals surface area contributed by atoms with E-state index in [1.165, 1.54) is 6.54 Å². The third-order valence-corrected chi connectivity index (χ3v) is 2.95. The molecule has 0 unspecified atom stereocenters. The maximum atomic E-state index is 11.4. The lowest BCUT2D eigenvalue weighted by molar-refractivity contribution is -0.121. The van der Waals surface area contributed by atoms with Gasteiger partial charge in [0.1, 0.15) is 0 Å². The number of hydrogen-bond donors (Lipinski definition) is 2. The molecule has 4 nitrogen and oxygen atoms in total. The van der Waals surface area contributed by atoms with E-state index >= 15 is 0 Å². The first-order chi connectivity index (χ1) is 7.61. The molecule has 0 spiro atoms. The van der Waals surface area contributed by atoms with E-state index in [2.05, 4.69) is 24.1 Å². The van der Waals surface area contributed by atoms with Gasteiger partial charge in [0.25, 0.3) is 0 Å². The summed E-state index contributed by atoms with van der Waals surface area (Å²) < 4.78 is 0. The summed E-state index contributed by atoms with van der Waals surface area (Å²) in [5.74, 6) is 0.827. The van der Waals surface area contributed by atoms with Gasteiger partial charge in [0.2, 0.25) is 5.91 Å². The van der Waals surface area contributed by atoms with E-state index in [0.717, 1.165) is 31.8 Å². The quantitative estimate of drug-likeness (QED) is 0.807. The Labute approximate surface area is 123 Å². The molecule has 3 N–H and O–H groups in total. The van der Waals surface area contributed by atoms with Crippen LogP contribution in [-0.2, 0) is 4.79 Å². The first-order valence-corrected chi connectivity index (χ1v) is 6.33. The van der Waals surface area contributed by atoms with Gasteiger partial charge < -0.3 is 16.0 Å². The number of carbonyl (C=O) groups excluding carboxylic acids is 1. The van der Waals surface area contributed by atoms with Gasteiger partial charge in [0.15, 0.2) is 0 Å². The van der Waals surface area contributed by atoms with Crippen molar-refractivity contribution in [1.82, 2.24) is 10.2 Å². The standard InChI is InChI=1S/C12H25N3O.2ClH/c1-10(2)9-15-7-4-11(5-8-15)14-12(16)3-6-13;;/h10-11H,3-9,13H2,1-2H3,(H,14,16);2*1H. The third-order valence-electron chi connectivity index (χ3n) is 2.95. The Morgan fingerprint density at radius 3 is 2.33 bits per heavy atom. The molecule has 0 aromatic heterocycles. The molecule has 110 valence electrons. The molecule has 1 saturated heterocycles. The fourth-order valence-electron chi connectivity index (χ4n) is 2.21. The number of nitrogens with zero attached hydrogens (tertiary/aromatic N) is 1. The zero-order valence-corrected chi connectivity index (χ0v) is 13.0. The van der Waals surface area contributed by atoms with Crippen LogP contribution in [0.5, 0.6) is 0 Å². The van der Waals surface area contributed by atoms with E-state index < -0.39 is 0 Å². The van der Waals surface area contributed by atoms with Crippen LogP contribution in [0.4, 0.5) is 0 Å². The number of amides is 1. The summed E-state index contributed by atoms with van der Waals surface area (Å²) in [4.78, 5) is 13.8. The third kappa shape index (κ3) is 8.14. The molecular formula is C12H27Cl2N3O. The van der Waals surface area contributed by atoms with Gasteiger partial charge in [0, 0.05) is 38.6 Å². The summed E-state index contributed by atoms with van der Waals surface area (Å²) in [6.45, 7) is 8.31. The zero-order chi connectivity index (χ0) is 12.0. The SMILES string of the molecule is CC(C)CN1CCC(NC(=O)CCN)CC1.Cl.Cl. The number of hydrogen-bond acceptors (Lipinski definition) is 3. The molecule has 1 rings (SSSR count). The van der Waals surface area contributed by atoms with Crippen LogP contribution in [0.25, 0.3) is 0 Å². The Morgan fingerprint density at radius 2 is 1.89 bits per heavy atom. The Bertz CT molecular complexity index is 219. The van der Waals surface area contributed by atoms with Crippen molar-refractivity contribution in [2.45, 2.75) is 39.2 Å². The van der Waals surface area contributed by atoms with Crippen LogP contribution in [0.1, 0.15) is 33.1 Å². The van der Waals surface area contributed by atoms with Crippen molar-refractivity contribution >= 4 is 30.7 Å². The second kappa shape index (κ2) is 10.9. The number of carbonyl (C=O) groups is 1. The Kier molecular flexibility index (Phi) is 12.2. The molecule has 1 aliphatic heterocycles. The lowest BCUT2D eigenvalue weighted by Gasteiger charge is -2.33. The lowest BCUT2D eigenvalue weighted by Crippen LogP contribution is -2.45. The van der Waals surface area contributed by atoms with Crippen LogP contribution in [-0.4, -0.2) is 43.0 Å². The molecule has 0 aromatic rings. The van der Waals surface area contributed by atoms with Gasteiger partial charge in [-0.2, -0.15) is 0 Å². The number of halogens is 2. The van der Waals surface area contributed by atoms with Gasteiger partial charge in [-0.25, -0.2) is 0 Å². The predicted octanol–water partition coefficient (Wildman–Crippen LogP) is 1.42. The normalized spacial score (nSPS) is 16.9. The molecule has 1 fully saturated rings. The van der Waals surface area contributed by atoms with E-state index in [0.29, 0.717) is 19.0 Å². The maximum absolute atomic E-state index is 11.4.